The van der Waals surface area contributed by atoms with Gasteiger partial charge in [0.05, 0.1) is 0 Å². The quantitative estimate of drug-likeness (QED) is 0.910. The number of urea groups is 1. The second kappa shape index (κ2) is 5.06. The molecule has 1 aliphatic rings. The maximum Gasteiger partial charge on any atom is 0.330 e. The molecule has 1 fully saturated rings. The number of likely N-dealkylation sites (N-methyl/N-ethyl adjacent to an activating group) is 1. The van der Waals surface area contributed by atoms with Crippen molar-refractivity contribution in [2.45, 2.75) is 45.6 Å². The fraction of sp³-hybridized carbons (Fsp3) is 0.692. The van der Waals surface area contributed by atoms with Crippen LogP contribution in [0.2, 0.25) is 0 Å². The molecule has 0 aliphatic carbocycles. The van der Waals surface area contributed by atoms with Gasteiger partial charge in [0.25, 0.3) is 0 Å². The Bertz CT molecular complexity index is 494. The van der Waals surface area contributed by atoms with Gasteiger partial charge in [-0.25, -0.2) is 9.69 Å². The van der Waals surface area contributed by atoms with Gasteiger partial charge in [0.1, 0.15) is 5.76 Å². The molecule has 0 radical (unpaired) electrons. The summed E-state index contributed by atoms with van der Waals surface area (Å²) in [6, 6.07) is 1.30. The minimum absolute atomic E-state index is 0.218. The van der Waals surface area contributed by atoms with Crippen LogP contribution in [0.1, 0.15) is 33.5 Å². The molecule has 2 rings (SSSR count). The molecule has 0 bridgehead atoms. The Morgan fingerprint density at radius 1 is 1.50 bits per heavy atom. The summed E-state index contributed by atoms with van der Waals surface area (Å²) < 4.78 is 10.6. The van der Waals surface area contributed by atoms with Gasteiger partial charge in [0, 0.05) is 25.1 Å². The molecule has 1 aromatic heterocycles. The fourth-order valence-corrected chi connectivity index (χ4v) is 2.05. The summed E-state index contributed by atoms with van der Waals surface area (Å²) in [6.07, 6.45) is -1.81. The van der Waals surface area contributed by atoms with Gasteiger partial charge in [0.2, 0.25) is 0 Å². The largest absolute Gasteiger partial charge is 0.369 e. The predicted molar refractivity (Wildman–Crippen MR) is 72.3 cm³/mol. The van der Waals surface area contributed by atoms with E-state index < -0.39 is 12.5 Å². The molecule has 2 heterocycles. The molecule has 2 atom stereocenters. The first-order valence-electron chi connectivity index (χ1n) is 6.60. The lowest BCUT2D eigenvalue weighted by molar-refractivity contribution is -0.0688. The van der Waals surface area contributed by atoms with Crippen LogP contribution in [0, 0.1) is 0 Å². The monoisotopic (exact) mass is 283 g/mol. The van der Waals surface area contributed by atoms with E-state index in [2.05, 4.69) is 5.16 Å². The highest BCUT2D eigenvalue weighted by Gasteiger charge is 2.46. The third-order valence-corrected chi connectivity index (χ3v) is 3.23. The molecule has 112 valence electrons. The Morgan fingerprint density at radius 2 is 2.15 bits per heavy atom. The summed E-state index contributed by atoms with van der Waals surface area (Å²) in [7, 11) is 1.58. The number of nitrogens with zero attached hydrogens (tertiary/aromatic N) is 3. The zero-order chi connectivity index (χ0) is 15.1. The van der Waals surface area contributed by atoms with Crippen molar-refractivity contribution in [1.29, 1.82) is 0 Å². The van der Waals surface area contributed by atoms with Crippen molar-refractivity contribution in [2.75, 3.05) is 18.6 Å². The van der Waals surface area contributed by atoms with Crippen LogP contribution in [0.25, 0.3) is 0 Å². The molecule has 1 saturated heterocycles. The van der Waals surface area contributed by atoms with E-state index in [9.17, 15) is 9.90 Å². The summed E-state index contributed by atoms with van der Waals surface area (Å²) in [5.74, 6) is 0.941. The SMILES string of the molecule is CCOC1C(O)N(c2cc(C(C)(C)C)on2)C(=O)N1C. The zero-order valence-corrected chi connectivity index (χ0v) is 12.5. The topological polar surface area (TPSA) is 79.0 Å². The molecule has 7 nitrogen and oxygen atoms in total. The number of hydrogen-bond acceptors (Lipinski definition) is 5. The van der Waals surface area contributed by atoms with Gasteiger partial charge >= 0.3 is 6.03 Å². The number of aliphatic hydroxyl groups is 1. The molecule has 7 heteroatoms. The van der Waals surface area contributed by atoms with E-state index in [4.69, 9.17) is 9.26 Å². The van der Waals surface area contributed by atoms with Crippen LogP contribution in [-0.2, 0) is 10.2 Å². The molecule has 0 aromatic carbocycles. The standard InChI is InChI=1S/C13H21N3O4/c1-6-19-11-10(17)16(12(18)15(11)5)9-7-8(20-14-9)13(2,3)4/h7,10-11,17H,6H2,1-5H3. The number of hydrogen-bond donors (Lipinski definition) is 1. The minimum Gasteiger partial charge on any atom is -0.369 e. The van der Waals surface area contributed by atoms with Gasteiger partial charge in [-0.05, 0) is 6.92 Å². The Balaban J connectivity index is 2.28. The predicted octanol–water partition coefficient (Wildman–Crippen LogP) is 1.52. The van der Waals surface area contributed by atoms with Gasteiger partial charge in [-0.3, -0.25) is 4.90 Å². The van der Waals surface area contributed by atoms with Crippen molar-refractivity contribution in [3.8, 4) is 0 Å². The van der Waals surface area contributed by atoms with Gasteiger partial charge in [0.15, 0.2) is 18.3 Å². The van der Waals surface area contributed by atoms with Gasteiger partial charge in [-0.1, -0.05) is 25.9 Å². The lowest BCUT2D eigenvalue weighted by atomic mass is 9.93. The molecule has 0 spiro atoms. The minimum atomic E-state index is -1.11. The van der Waals surface area contributed by atoms with E-state index in [0.717, 1.165) is 0 Å². The van der Waals surface area contributed by atoms with E-state index in [0.29, 0.717) is 18.2 Å². The molecule has 20 heavy (non-hydrogen) atoms. The van der Waals surface area contributed by atoms with E-state index >= 15 is 0 Å². The third kappa shape index (κ3) is 2.38. The average Bonchev–Trinajstić information content (AvgIpc) is 2.90. The van der Waals surface area contributed by atoms with E-state index in [1.807, 2.05) is 27.7 Å². The number of aromatic nitrogens is 1. The molecule has 1 N–H and O–H groups in total. The van der Waals surface area contributed by atoms with Gasteiger partial charge in [-0.2, -0.15) is 0 Å². The number of carbonyl (C=O) groups is 1. The number of carbonyl (C=O) groups excluding carboxylic acids is 1. The van der Waals surface area contributed by atoms with Crippen LogP contribution < -0.4 is 4.90 Å². The normalized spacial score (nSPS) is 23.8. The summed E-state index contributed by atoms with van der Waals surface area (Å²) in [5, 5.41) is 14.1. The fourth-order valence-electron chi connectivity index (χ4n) is 2.05. The Labute approximate surface area is 118 Å². The molecule has 2 amide bonds. The number of aliphatic hydroxyl groups excluding tert-OH is 1. The van der Waals surface area contributed by atoms with Crippen molar-refractivity contribution in [3.05, 3.63) is 11.8 Å². The molecule has 1 aliphatic heterocycles. The first kappa shape index (κ1) is 14.8. The van der Waals surface area contributed by atoms with Crippen molar-refractivity contribution in [2.24, 2.45) is 0 Å². The average molecular weight is 283 g/mol. The van der Waals surface area contributed by atoms with Crippen molar-refractivity contribution in [1.82, 2.24) is 10.1 Å². The summed E-state index contributed by atoms with van der Waals surface area (Å²) in [4.78, 5) is 14.7. The maximum atomic E-state index is 12.2. The summed E-state index contributed by atoms with van der Waals surface area (Å²) in [6.45, 7) is 8.15. The second-order valence-corrected chi connectivity index (χ2v) is 5.82. The summed E-state index contributed by atoms with van der Waals surface area (Å²) in [5.41, 5.74) is -0.218. The number of anilines is 1. The van der Waals surface area contributed by atoms with Crippen molar-refractivity contribution >= 4 is 11.8 Å². The van der Waals surface area contributed by atoms with Crippen LogP contribution in [0.5, 0.6) is 0 Å². The zero-order valence-electron chi connectivity index (χ0n) is 12.5. The van der Waals surface area contributed by atoms with Crippen LogP contribution in [0.3, 0.4) is 0 Å². The smallest absolute Gasteiger partial charge is 0.330 e. The maximum absolute atomic E-state index is 12.2. The molecular formula is C13H21N3O4. The number of amides is 2. The van der Waals surface area contributed by atoms with Crippen LogP contribution in [0.15, 0.2) is 10.6 Å². The molecule has 1 aromatic rings. The Morgan fingerprint density at radius 3 is 2.65 bits per heavy atom. The number of ether oxygens (including phenoxy) is 1. The van der Waals surface area contributed by atoms with Gasteiger partial charge in [-0.15, -0.1) is 0 Å². The second-order valence-electron chi connectivity index (χ2n) is 5.82. The van der Waals surface area contributed by atoms with Crippen molar-refractivity contribution in [3.63, 3.8) is 0 Å². The van der Waals surface area contributed by atoms with E-state index in [1.54, 1.807) is 13.1 Å². The first-order valence-corrected chi connectivity index (χ1v) is 6.60. The highest BCUT2D eigenvalue weighted by molar-refractivity contribution is 5.93. The molecule has 2 unspecified atom stereocenters. The van der Waals surface area contributed by atoms with Crippen LogP contribution in [0.4, 0.5) is 10.6 Å². The lowest BCUT2D eigenvalue weighted by Gasteiger charge is -2.20. The molecule has 0 saturated carbocycles. The Kier molecular flexibility index (Phi) is 3.75. The van der Waals surface area contributed by atoms with Crippen LogP contribution in [-0.4, -0.2) is 47.3 Å². The van der Waals surface area contributed by atoms with Crippen LogP contribution >= 0.6 is 0 Å². The van der Waals surface area contributed by atoms with Gasteiger partial charge < -0.3 is 14.4 Å². The van der Waals surface area contributed by atoms with Crippen molar-refractivity contribution < 1.29 is 19.2 Å². The third-order valence-electron chi connectivity index (χ3n) is 3.23. The van der Waals surface area contributed by atoms with E-state index in [-0.39, 0.29) is 11.4 Å². The first-order chi connectivity index (χ1) is 9.27. The molecular weight excluding hydrogens is 262 g/mol. The highest BCUT2D eigenvalue weighted by atomic mass is 16.5. The number of rotatable bonds is 3. The summed E-state index contributed by atoms with van der Waals surface area (Å²) >= 11 is 0. The highest BCUT2D eigenvalue weighted by Crippen LogP contribution is 2.31. The Hall–Kier alpha value is -1.60. The lowest BCUT2D eigenvalue weighted by Crippen LogP contribution is -2.38. The van der Waals surface area contributed by atoms with E-state index in [1.165, 1.54) is 9.80 Å².